The van der Waals surface area contributed by atoms with Crippen molar-refractivity contribution in [2.24, 2.45) is 5.92 Å². The van der Waals surface area contributed by atoms with Crippen LogP contribution in [0, 0.1) is 5.92 Å². The molecule has 2 N–H and O–H groups in total. The fourth-order valence-electron chi connectivity index (χ4n) is 2.63. The Balaban J connectivity index is 1.68. The lowest BCUT2D eigenvalue weighted by molar-refractivity contribution is -0.118. The molecule has 0 saturated carbocycles. The van der Waals surface area contributed by atoms with E-state index in [0.717, 1.165) is 10.1 Å². The third-order valence-electron chi connectivity index (χ3n) is 4.12. The Labute approximate surface area is 174 Å². The average Bonchev–Trinajstić information content (AvgIpc) is 2.73. The lowest BCUT2D eigenvalue weighted by Crippen LogP contribution is -2.47. The molecule has 29 heavy (non-hydrogen) atoms. The molecule has 0 saturated heterocycles. The van der Waals surface area contributed by atoms with Crippen LogP contribution in [-0.2, 0) is 4.79 Å². The summed E-state index contributed by atoms with van der Waals surface area (Å²) in [5.41, 5.74) is 1.13. The molecule has 0 aliphatic carbocycles. The van der Waals surface area contributed by atoms with Crippen LogP contribution < -0.4 is 10.6 Å². The second kappa shape index (κ2) is 9.84. The normalized spacial score (nSPS) is 11.7. The lowest BCUT2D eigenvalue weighted by atomic mass is 10.0. The molecule has 1 atom stereocenters. The molecule has 0 fully saturated rings. The van der Waals surface area contributed by atoms with Gasteiger partial charge in [-0.05, 0) is 42.3 Å². The molecule has 3 rings (SSSR count). The highest BCUT2D eigenvalue weighted by Crippen LogP contribution is 2.25. The minimum absolute atomic E-state index is 0.0770. The quantitative estimate of drug-likeness (QED) is 0.619. The van der Waals surface area contributed by atoms with Crippen LogP contribution in [0.25, 0.3) is 0 Å². The van der Waals surface area contributed by atoms with E-state index in [0.29, 0.717) is 11.3 Å². The summed E-state index contributed by atoms with van der Waals surface area (Å²) in [6.45, 7) is 3.79. The van der Waals surface area contributed by atoms with Gasteiger partial charge < -0.3 is 10.6 Å². The maximum atomic E-state index is 12.8. The Morgan fingerprint density at radius 1 is 0.897 bits per heavy atom. The van der Waals surface area contributed by atoms with Gasteiger partial charge in [-0.2, -0.15) is 0 Å². The second-order valence-electron chi connectivity index (χ2n) is 6.70. The van der Waals surface area contributed by atoms with E-state index in [1.165, 1.54) is 11.8 Å². The molecule has 7 heteroatoms. The van der Waals surface area contributed by atoms with Gasteiger partial charge in [-0.3, -0.25) is 9.59 Å². The molecule has 1 unspecified atom stereocenters. The summed E-state index contributed by atoms with van der Waals surface area (Å²) in [4.78, 5) is 33.9. The van der Waals surface area contributed by atoms with Gasteiger partial charge in [-0.15, -0.1) is 0 Å². The van der Waals surface area contributed by atoms with E-state index in [1.807, 2.05) is 38.1 Å². The number of hydrogen-bond donors (Lipinski definition) is 2. The minimum Gasteiger partial charge on any atom is -0.340 e. The van der Waals surface area contributed by atoms with Crippen molar-refractivity contribution in [3.63, 3.8) is 0 Å². The maximum Gasteiger partial charge on any atom is 0.251 e. The molecule has 2 aromatic heterocycles. The summed E-state index contributed by atoms with van der Waals surface area (Å²) in [6, 6.07) is 17.3. The topological polar surface area (TPSA) is 84.0 Å². The monoisotopic (exact) mass is 406 g/mol. The van der Waals surface area contributed by atoms with Crippen molar-refractivity contribution in [1.29, 1.82) is 0 Å². The summed E-state index contributed by atoms with van der Waals surface area (Å²) < 4.78 is 0. The molecule has 0 spiro atoms. The molecule has 1 aromatic carbocycles. The van der Waals surface area contributed by atoms with Gasteiger partial charge in [-0.1, -0.05) is 49.9 Å². The standard InChI is InChI=1S/C22H22N4O2S/c1-15(2)20(26-21(27)16-8-4-3-5-9-16)22(28)25-17-11-13-24-19(14-17)29-18-10-6-7-12-23-18/h3-15,20H,1-2H3,(H,26,27)(H,24,25,28). The molecule has 0 radical (unpaired) electrons. The first-order chi connectivity index (χ1) is 14.0. The Kier molecular flexibility index (Phi) is 6.97. The SMILES string of the molecule is CC(C)C(NC(=O)c1ccccc1)C(=O)Nc1ccnc(Sc2ccccn2)c1. The zero-order valence-corrected chi connectivity index (χ0v) is 17.0. The third kappa shape index (κ3) is 5.89. The van der Waals surface area contributed by atoms with E-state index < -0.39 is 6.04 Å². The number of rotatable bonds is 7. The number of carbonyl (C=O) groups excluding carboxylic acids is 2. The van der Waals surface area contributed by atoms with E-state index in [4.69, 9.17) is 0 Å². The molecule has 148 valence electrons. The number of hydrogen-bond acceptors (Lipinski definition) is 5. The van der Waals surface area contributed by atoms with Crippen molar-refractivity contribution in [2.45, 2.75) is 29.9 Å². The number of carbonyl (C=O) groups is 2. The smallest absolute Gasteiger partial charge is 0.251 e. The Morgan fingerprint density at radius 3 is 2.31 bits per heavy atom. The van der Waals surface area contributed by atoms with Crippen molar-refractivity contribution in [1.82, 2.24) is 15.3 Å². The van der Waals surface area contributed by atoms with E-state index in [1.54, 1.807) is 48.8 Å². The van der Waals surface area contributed by atoms with E-state index in [2.05, 4.69) is 20.6 Å². The number of pyridine rings is 2. The average molecular weight is 407 g/mol. The highest BCUT2D eigenvalue weighted by atomic mass is 32.2. The van der Waals surface area contributed by atoms with Crippen molar-refractivity contribution in [2.75, 3.05) is 5.32 Å². The number of nitrogens with one attached hydrogen (secondary N) is 2. The molecule has 0 aliphatic heterocycles. The first-order valence-corrected chi connectivity index (χ1v) is 10.1. The van der Waals surface area contributed by atoms with Crippen molar-refractivity contribution < 1.29 is 9.59 Å². The van der Waals surface area contributed by atoms with Gasteiger partial charge in [-0.25, -0.2) is 9.97 Å². The van der Waals surface area contributed by atoms with Crippen LogP contribution in [0.1, 0.15) is 24.2 Å². The summed E-state index contributed by atoms with van der Waals surface area (Å²) in [5.74, 6) is -0.628. The first kappa shape index (κ1) is 20.5. The predicted octanol–water partition coefficient (Wildman–Crippen LogP) is 4.02. The highest BCUT2D eigenvalue weighted by Gasteiger charge is 2.24. The Hall–Kier alpha value is -3.19. The van der Waals surface area contributed by atoms with Gasteiger partial charge in [0, 0.05) is 23.6 Å². The van der Waals surface area contributed by atoms with Crippen LogP contribution in [0.4, 0.5) is 5.69 Å². The molecule has 2 heterocycles. The zero-order valence-electron chi connectivity index (χ0n) is 16.2. The van der Waals surface area contributed by atoms with E-state index in [-0.39, 0.29) is 17.7 Å². The molecular weight excluding hydrogens is 384 g/mol. The summed E-state index contributed by atoms with van der Waals surface area (Å²) in [5, 5.41) is 7.24. The highest BCUT2D eigenvalue weighted by molar-refractivity contribution is 7.99. The maximum absolute atomic E-state index is 12.8. The molecule has 0 aliphatic rings. The van der Waals surface area contributed by atoms with Gasteiger partial charge in [0.15, 0.2) is 0 Å². The largest absolute Gasteiger partial charge is 0.340 e. The molecular formula is C22H22N4O2S. The minimum atomic E-state index is -0.664. The molecule has 0 bridgehead atoms. The first-order valence-electron chi connectivity index (χ1n) is 9.24. The number of anilines is 1. The van der Waals surface area contributed by atoms with Crippen LogP contribution in [0.15, 0.2) is 83.1 Å². The fraction of sp³-hybridized carbons (Fsp3) is 0.182. The summed E-state index contributed by atoms with van der Waals surface area (Å²) in [6.07, 6.45) is 3.35. The predicted molar refractivity (Wildman–Crippen MR) is 114 cm³/mol. The second-order valence-corrected chi connectivity index (χ2v) is 7.74. The molecule has 2 amide bonds. The van der Waals surface area contributed by atoms with Crippen LogP contribution >= 0.6 is 11.8 Å². The number of aromatic nitrogens is 2. The number of benzene rings is 1. The van der Waals surface area contributed by atoms with Crippen LogP contribution in [0.2, 0.25) is 0 Å². The number of amides is 2. The zero-order chi connectivity index (χ0) is 20.6. The summed E-state index contributed by atoms with van der Waals surface area (Å²) >= 11 is 1.41. The van der Waals surface area contributed by atoms with E-state index >= 15 is 0 Å². The van der Waals surface area contributed by atoms with Gasteiger partial charge in [0.1, 0.15) is 16.1 Å². The van der Waals surface area contributed by atoms with Crippen molar-refractivity contribution >= 4 is 29.3 Å². The Bertz CT molecular complexity index is 965. The summed E-state index contributed by atoms with van der Waals surface area (Å²) in [7, 11) is 0. The van der Waals surface area contributed by atoms with Crippen molar-refractivity contribution in [3.8, 4) is 0 Å². The van der Waals surface area contributed by atoms with Gasteiger partial charge in [0.25, 0.3) is 5.91 Å². The number of nitrogens with zero attached hydrogens (tertiary/aromatic N) is 2. The van der Waals surface area contributed by atoms with Gasteiger partial charge in [0.2, 0.25) is 5.91 Å². The van der Waals surface area contributed by atoms with Crippen LogP contribution in [0.5, 0.6) is 0 Å². The lowest BCUT2D eigenvalue weighted by Gasteiger charge is -2.22. The third-order valence-corrected chi connectivity index (χ3v) is 5.00. The van der Waals surface area contributed by atoms with Gasteiger partial charge >= 0.3 is 0 Å². The van der Waals surface area contributed by atoms with Crippen molar-refractivity contribution in [3.05, 3.63) is 78.6 Å². The Morgan fingerprint density at radius 2 is 1.62 bits per heavy atom. The fourth-order valence-corrected chi connectivity index (χ4v) is 3.40. The van der Waals surface area contributed by atoms with Crippen LogP contribution in [-0.4, -0.2) is 27.8 Å². The van der Waals surface area contributed by atoms with E-state index in [9.17, 15) is 9.59 Å². The molecule has 6 nitrogen and oxygen atoms in total. The van der Waals surface area contributed by atoms with Gasteiger partial charge in [0.05, 0.1) is 0 Å². The molecule has 3 aromatic rings. The van der Waals surface area contributed by atoms with Crippen LogP contribution in [0.3, 0.4) is 0 Å².